The first-order chi connectivity index (χ1) is 8.81. The molecule has 3 heteroatoms. The van der Waals surface area contributed by atoms with Crippen LogP contribution >= 0.6 is 0 Å². The molecule has 0 radical (unpaired) electrons. The molecule has 2 aromatic rings. The van der Waals surface area contributed by atoms with Gasteiger partial charge in [-0.1, -0.05) is 12.1 Å². The zero-order chi connectivity index (χ0) is 12.1. The van der Waals surface area contributed by atoms with E-state index in [-0.39, 0.29) is 0 Å². The molecule has 2 atom stereocenters. The first-order valence-corrected chi connectivity index (χ1v) is 7.01. The monoisotopic (exact) mass is 241 g/mol. The van der Waals surface area contributed by atoms with Crippen LogP contribution < -0.4 is 5.32 Å². The van der Waals surface area contributed by atoms with Crippen molar-refractivity contribution in [2.75, 3.05) is 0 Å². The van der Waals surface area contributed by atoms with Crippen LogP contribution in [0.2, 0.25) is 0 Å². The lowest BCUT2D eigenvalue weighted by atomic mass is 9.99. The van der Waals surface area contributed by atoms with Gasteiger partial charge in [-0.15, -0.1) is 0 Å². The Hall–Kier alpha value is -1.35. The second kappa shape index (κ2) is 3.82. The molecule has 0 aliphatic carbocycles. The maximum Gasteiger partial charge on any atom is 0.106 e. The minimum Gasteiger partial charge on any atom is -0.325 e. The van der Waals surface area contributed by atoms with Crippen LogP contribution in [-0.4, -0.2) is 21.6 Å². The summed E-state index contributed by atoms with van der Waals surface area (Å²) in [4.78, 5) is 4.70. The highest BCUT2D eigenvalue weighted by Crippen LogP contribution is 2.36. The first kappa shape index (κ1) is 10.6. The van der Waals surface area contributed by atoms with Crippen molar-refractivity contribution < 1.29 is 0 Å². The van der Waals surface area contributed by atoms with Gasteiger partial charge in [-0.3, -0.25) is 0 Å². The highest BCUT2D eigenvalue weighted by Gasteiger charge is 2.35. The van der Waals surface area contributed by atoms with Gasteiger partial charge >= 0.3 is 0 Å². The third-order valence-electron chi connectivity index (χ3n) is 4.59. The Balaban J connectivity index is 1.80. The number of nitrogens with one attached hydrogen (secondary N) is 1. The molecule has 1 aromatic heterocycles. The van der Waals surface area contributed by atoms with Crippen LogP contribution in [0.4, 0.5) is 0 Å². The number of para-hydroxylation sites is 2. The summed E-state index contributed by atoms with van der Waals surface area (Å²) in [5.74, 6) is 1.17. The van der Waals surface area contributed by atoms with Gasteiger partial charge in [0.15, 0.2) is 0 Å². The zero-order valence-corrected chi connectivity index (χ0v) is 10.8. The van der Waals surface area contributed by atoms with Crippen LogP contribution in [0.15, 0.2) is 24.3 Å². The van der Waals surface area contributed by atoms with Crippen molar-refractivity contribution in [3.05, 3.63) is 30.1 Å². The Kier molecular flexibility index (Phi) is 2.24. The normalized spacial score (nSPS) is 31.1. The number of imidazole rings is 1. The van der Waals surface area contributed by atoms with Crippen molar-refractivity contribution in [2.24, 2.45) is 0 Å². The van der Waals surface area contributed by atoms with Crippen molar-refractivity contribution in [3.63, 3.8) is 0 Å². The summed E-state index contributed by atoms with van der Waals surface area (Å²) in [5, 5.41) is 3.72. The van der Waals surface area contributed by atoms with Crippen molar-refractivity contribution in [3.8, 4) is 0 Å². The summed E-state index contributed by atoms with van der Waals surface area (Å²) in [6, 6.07) is 10.6. The second-order valence-corrected chi connectivity index (χ2v) is 5.78. The number of hydrogen-bond donors (Lipinski definition) is 1. The van der Waals surface area contributed by atoms with E-state index in [1.54, 1.807) is 0 Å². The third-order valence-corrected chi connectivity index (χ3v) is 4.59. The quantitative estimate of drug-likeness (QED) is 0.832. The number of fused-ring (bicyclic) bond motifs is 3. The van der Waals surface area contributed by atoms with E-state index in [1.807, 2.05) is 0 Å². The lowest BCUT2D eigenvalue weighted by Crippen LogP contribution is -2.39. The maximum atomic E-state index is 4.70. The van der Waals surface area contributed by atoms with Crippen LogP contribution in [0.1, 0.15) is 37.5 Å². The minimum absolute atomic E-state index is 0.635. The van der Waals surface area contributed by atoms with Crippen LogP contribution in [0.3, 0.4) is 0 Å². The molecular formula is C15H19N3. The average molecular weight is 241 g/mol. The number of benzene rings is 1. The molecule has 0 spiro atoms. The standard InChI is InChI=1S/C15H19N3/c1-10-16-14-4-2-3-5-15(14)18(10)13-8-11-6-7-12(9-13)17-11/h2-5,11-13,17H,6-9H2,1H3. The predicted molar refractivity (Wildman–Crippen MR) is 72.7 cm³/mol. The number of aromatic nitrogens is 2. The van der Waals surface area contributed by atoms with Gasteiger partial charge in [0.25, 0.3) is 0 Å². The molecule has 2 saturated heterocycles. The molecule has 0 amide bonds. The van der Waals surface area contributed by atoms with E-state index in [1.165, 1.54) is 37.0 Å². The largest absolute Gasteiger partial charge is 0.325 e. The van der Waals surface area contributed by atoms with E-state index in [2.05, 4.69) is 41.1 Å². The SMILES string of the molecule is Cc1nc2ccccc2n1C1CC2CCC(C1)N2. The van der Waals surface area contributed by atoms with Crippen LogP contribution in [0, 0.1) is 6.92 Å². The lowest BCUT2D eigenvalue weighted by Gasteiger charge is -2.31. The highest BCUT2D eigenvalue weighted by atomic mass is 15.1. The Morgan fingerprint density at radius 2 is 1.89 bits per heavy atom. The molecule has 2 aliphatic heterocycles. The fourth-order valence-electron chi connectivity index (χ4n) is 3.86. The number of nitrogens with zero attached hydrogens (tertiary/aromatic N) is 2. The first-order valence-electron chi connectivity index (χ1n) is 7.01. The molecular weight excluding hydrogens is 222 g/mol. The van der Waals surface area contributed by atoms with Crippen molar-refractivity contribution in [1.82, 2.24) is 14.9 Å². The van der Waals surface area contributed by atoms with E-state index in [0.717, 1.165) is 17.6 Å². The maximum absolute atomic E-state index is 4.70. The molecule has 1 N–H and O–H groups in total. The summed E-state index contributed by atoms with van der Waals surface area (Å²) in [6.45, 7) is 2.14. The van der Waals surface area contributed by atoms with Crippen LogP contribution in [0.5, 0.6) is 0 Å². The number of piperidine rings is 1. The van der Waals surface area contributed by atoms with Gasteiger partial charge in [0, 0.05) is 18.1 Å². The van der Waals surface area contributed by atoms with Crippen LogP contribution in [0.25, 0.3) is 11.0 Å². The van der Waals surface area contributed by atoms with Gasteiger partial charge in [-0.05, 0) is 44.7 Å². The molecule has 3 nitrogen and oxygen atoms in total. The molecule has 3 heterocycles. The van der Waals surface area contributed by atoms with Crippen molar-refractivity contribution in [1.29, 1.82) is 0 Å². The zero-order valence-electron chi connectivity index (χ0n) is 10.8. The average Bonchev–Trinajstić information content (AvgIpc) is 2.88. The number of rotatable bonds is 1. The topological polar surface area (TPSA) is 29.9 Å². The Labute approximate surface area is 107 Å². The minimum atomic E-state index is 0.635. The predicted octanol–water partition coefficient (Wildman–Crippen LogP) is 2.80. The molecule has 0 saturated carbocycles. The van der Waals surface area contributed by atoms with E-state index >= 15 is 0 Å². The third kappa shape index (κ3) is 1.50. The van der Waals surface area contributed by atoms with Crippen molar-refractivity contribution in [2.45, 2.75) is 50.7 Å². The summed E-state index contributed by atoms with van der Waals surface area (Å²) >= 11 is 0. The fraction of sp³-hybridized carbons (Fsp3) is 0.533. The van der Waals surface area contributed by atoms with Gasteiger partial charge in [-0.2, -0.15) is 0 Å². The molecule has 4 rings (SSSR count). The molecule has 18 heavy (non-hydrogen) atoms. The molecule has 94 valence electrons. The number of aryl methyl sites for hydroxylation is 1. The van der Waals surface area contributed by atoms with Gasteiger partial charge in [0.05, 0.1) is 11.0 Å². The fourth-order valence-corrected chi connectivity index (χ4v) is 3.86. The van der Waals surface area contributed by atoms with Gasteiger partial charge in [-0.25, -0.2) is 4.98 Å². The molecule has 2 aliphatic rings. The summed E-state index contributed by atoms with van der Waals surface area (Å²) in [7, 11) is 0. The van der Waals surface area contributed by atoms with Gasteiger partial charge in [0.1, 0.15) is 5.82 Å². The summed E-state index contributed by atoms with van der Waals surface area (Å²) < 4.78 is 2.47. The molecule has 2 bridgehead atoms. The molecule has 2 unspecified atom stereocenters. The van der Waals surface area contributed by atoms with Gasteiger partial charge < -0.3 is 9.88 Å². The lowest BCUT2D eigenvalue weighted by molar-refractivity contribution is 0.300. The Bertz CT molecular complexity index is 574. The van der Waals surface area contributed by atoms with Gasteiger partial charge in [0.2, 0.25) is 0 Å². The number of hydrogen-bond acceptors (Lipinski definition) is 2. The Morgan fingerprint density at radius 3 is 2.67 bits per heavy atom. The summed E-state index contributed by atoms with van der Waals surface area (Å²) in [5.41, 5.74) is 2.45. The van der Waals surface area contributed by atoms with E-state index < -0.39 is 0 Å². The van der Waals surface area contributed by atoms with E-state index in [9.17, 15) is 0 Å². The summed E-state index contributed by atoms with van der Waals surface area (Å²) in [6.07, 6.45) is 5.23. The second-order valence-electron chi connectivity index (χ2n) is 5.78. The molecule has 1 aromatic carbocycles. The highest BCUT2D eigenvalue weighted by molar-refractivity contribution is 5.76. The molecule has 2 fully saturated rings. The van der Waals surface area contributed by atoms with E-state index in [0.29, 0.717) is 6.04 Å². The van der Waals surface area contributed by atoms with Crippen LogP contribution in [-0.2, 0) is 0 Å². The smallest absolute Gasteiger partial charge is 0.106 e. The van der Waals surface area contributed by atoms with Crippen molar-refractivity contribution >= 4 is 11.0 Å². The Morgan fingerprint density at radius 1 is 1.17 bits per heavy atom. The van der Waals surface area contributed by atoms with E-state index in [4.69, 9.17) is 4.98 Å².